The lowest BCUT2D eigenvalue weighted by atomic mass is 10.0. The van der Waals surface area contributed by atoms with E-state index < -0.39 is 0 Å². The molecular formula is C22H28N2O3. The van der Waals surface area contributed by atoms with Crippen LogP contribution in [0.1, 0.15) is 39.9 Å². The van der Waals surface area contributed by atoms with Crippen molar-refractivity contribution < 1.29 is 14.3 Å². The third kappa shape index (κ3) is 5.01. The number of hydrogen-bond donors (Lipinski definition) is 2. The number of methoxy groups -OCH3 is 2. The fraction of sp³-hybridized carbons (Fsp3) is 0.409. The molecule has 0 spiro atoms. The van der Waals surface area contributed by atoms with E-state index in [0.29, 0.717) is 0 Å². The number of nitrogens with one attached hydrogen (secondary N) is 2. The molecule has 0 bridgehead atoms. The Hall–Kier alpha value is -2.53. The van der Waals surface area contributed by atoms with Crippen molar-refractivity contribution in [3.63, 3.8) is 0 Å². The average Bonchev–Trinajstić information content (AvgIpc) is 3.06. The third-order valence-electron chi connectivity index (χ3n) is 5.00. The van der Waals surface area contributed by atoms with Crippen LogP contribution in [0.5, 0.6) is 11.5 Å². The van der Waals surface area contributed by atoms with Gasteiger partial charge in [-0.15, -0.1) is 0 Å². The molecule has 27 heavy (non-hydrogen) atoms. The quantitative estimate of drug-likeness (QED) is 0.855. The number of rotatable bonds is 2. The molecule has 0 saturated carbocycles. The van der Waals surface area contributed by atoms with Gasteiger partial charge in [0.1, 0.15) is 11.5 Å². The molecule has 0 saturated heterocycles. The highest BCUT2D eigenvalue weighted by Crippen LogP contribution is 2.21. The minimum Gasteiger partial charge on any atom is -0.497 e. The Morgan fingerprint density at radius 3 is 2.26 bits per heavy atom. The zero-order valence-electron chi connectivity index (χ0n) is 16.1. The minimum atomic E-state index is 0.0106. The summed E-state index contributed by atoms with van der Waals surface area (Å²) in [5, 5.41) is 6.26. The third-order valence-corrected chi connectivity index (χ3v) is 5.00. The fourth-order valence-corrected chi connectivity index (χ4v) is 3.45. The van der Waals surface area contributed by atoms with E-state index in [0.717, 1.165) is 55.1 Å². The molecule has 0 radical (unpaired) electrons. The van der Waals surface area contributed by atoms with Crippen LogP contribution in [-0.2, 0) is 19.4 Å². The Balaban J connectivity index is 0.000000156. The highest BCUT2D eigenvalue weighted by atomic mass is 16.5. The van der Waals surface area contributed by atoms with Crippen molar-refractivity contribution in [2.75, 3.05) is 27.3 Å². The van der Waals surface area contributed by atoms with Gasteiger partial charge in [0.05, 0.1) is 14.2 Å². The predicted octanol–water partition coefficient (Wildman–Crippen LogP) is 3.10. The summed E-state index contributed by atoms with van der Waals surface area (Å²) < 4.78 is 10.3. The first-order valence-corrected chi connectivity index (χ1v) is 9.53. The molecule has 1 amide bonds. The number of carbonyl (C=O) groups is 1. The summed E-state index contributed by atoms with van der Waals surface area (Å²) in [6, 6.07) is 12.0. The van der Waals surface area contributed by atoms with Gasteiger partial charge in [-0.25, -0.2) is 0 Å². The molecule has 0 unspecified atom stereocenters. The largest absolute Gasteiger partial charge is 0.497 e. The van der Waals surface area contributed by atoms with Gasteiger partial charge in [-0.05, 0) is 73.2 Å². The lowest BCUT2D eigenvalue weighted by Crippen LogP contribution is -2.22. The summed E-state index contributed by atoms with van der Waals surface area (Å²) >= 11 is 0. The number of fused-ring (bicyclic) bond motifs is 2. The molecule has 5 nitrogen and oxygen atoms in total. The lowest BCUT2D eigenvalue weighted by Gasteiger charge is -2.07. The lowest BCUT2D eigenvalue weighted by molar-refractivity contribution is 0.0955. The maximum atomic E-state index is 11.6. The van der Waals surface area contributed by atoms with Gasteiger partial charge in [-0.3, -0.25) is 4.79 Å². The van der Waals surface area contributed by atoms with Crippen molar-refractivity contribution in [1.29, 1.82) is 0 Å². The molecule has 0 aromatic heterocycles. The molecule has 0 aliphatic carbocycles. The Kier molecular flexibility index (Phi) is 6.71. The van der Waals surface area contributed by atoms with E-state index >= 15 is 0 Å². The van der Waals surface area contributed by atoms with Gasteiger partial charge < -0.3 is 20.1 Å². The van der Waals surface area contributed by atoms with Gasteiger partial charge in [-0.2, -0.15) is 0 Å². The van der Waals surface area contributed by atoms with E-state index in [1.165, 1.54) is 24.0 Å². The normalized spacial score (nSPS) is 15.7. The average molecular weight is 368 g/mol. The molecule has 144 valence electrons. The molecule has 2 aromatic rings. The van der Waals surface area contributed by atoms with Crippen LogP contribution in [0.3, 0.4) is 0 Å². The van der Waals surface area contributed by atoms with E-state index in [4.69, 9.17) is 9.47 Å². The van der Waals surface area contributed by atoms with Gasteiger partial charge in [0.15, 0.2) is 0 Å². The summed E-state index contributed by atoms with van der Waals surface area (Å²) in [7, 11) is 3.32. The topological polar surface area (TPSA) is 59.6 Å². The van der Waals surface area contributed by atoms with Crippen molar-refractivity contribution in [3.05, 3.63) is 58.7 Å². The maximum Gasteiger partial charge on any atom is 0.251 e. The van der Waals surface area contributed by atoms with Gasteiger partial charge in [0.2, 0.25) is 0 Å². The first kappa shape index (κ1) is 19.2. The molecule has 2 N–H and O–H groups in total. The highest BCUT2D eigenvalue weighted by molar-refractivity contribution is 5.96. The first-order valence-electron chi connectivity index (χ1n) is 9.53. The van der Waals surface area contributed by atoms with E-state index in [1.807, 2.05) is 18.2 Å². The second-order valence-electron chi connectivity index (χ2n) is 6.80. The van der Waals surface area contributed by atoms with Crippen molar-refractivity contribution in [2.45, 2.75) is 32.2 Å². The van der Waals surface area contributed by atoms with E-state index in [2.05, 4.69) is 22.8 Å². The van der Waals surface area contributed by atoms with Crippen LogP contribution in [-0.4, -0.2) is 33.2 Å². The van der Waals surface area contributed by atoms with Crippen LogP contribution in [0.2, 0.25) is 0 Å². The van der Waals surface area contributed by atoms with Crippen molar-refractivity contribution in [2.24, 2.45) is 0 Å². The van der Waals surface area contributed by atoms with Gasteiger partial charge >= 0.3 is 0 Å². The molecule has 2 aromatic carbocycles. The summed E-state index contributed by atoms with van der Waals surface area (Å²) in [5.74, 6) is 1.71. The van der Waals surface area contributed by atoms with Gasteiger partial charge in [-0.1, -0.05) is 12.1 Å². The predicted molar refractivity (Wildman–Crippen MR) is 107 cm³/mol. The molecule has 5 heteroatoms. The summed E-state index contributed by atoms with van der Waals surface area (Å²) in [4.78, 5) is 11.6. The second kappa shape index (κ2) is 9.42. The Morgan fingerprint density at radius 2 is 1.48 bits per heavy atom. The van der Waals surface area contributed by atoms with Crippen molar-refractivity contribution in [3.8, 4) is 11.5 Å². The molecular weight excluding hydrogens is 340 g/mol. The molecule has 2 heterocycles. The Labute approximate surface area is 161 Å². The van der Waals surface area contributed by atoms with Crippen LogP contribution >= 0.6 is 0 Å². The van der Waals surface area contributed by atoms with Crippen LogP contribution in [0, 0.1) is 0 Å². The molecule has 2 aliphatic rings. The van der Waals surface area contributed by atoms with Crippen LogP contribution < -0.4 is 20.1 Å². The SMILES string of the molecule is COc1ccc2c(c1)C(=O)NCCC2.COc1ccc2c(c1)CNCCC2. The first-order chi connectivity index (χ1) is 13.2. The number of hydrogen-bond acceptors (Lipinski definition) is 4. The summed E-state index contributed by atoms with van der Waals surface area (Å²) in [5.41, 5.74) is 4.71. The van der Waals surface area contributed by atoms with Crippen molar-refractivity contribution >= 4 is 5.91 Å². The molecule has 0 fully saturated rings. The van der Waals surface area contributed by atoms with E-state index in [1.54, 1.807) is 20.3 Å². The smallest absolute Gasteiger partial charge is 0.251 e. The van der Waals surface area contributed by atoms with Crippen LogP contribution in [0.25, 0.3) is 0 Å². The summed E-state index contributed by atoms with van der Waals surface area (Å²) in [6.07, 6.45) is 4.38. The number of ether oxygens (including phenoxy) is 2. The molecule has 2 aliphatic heterocycles. The molecule has 0 atom stereocenters. The zero-order chi connectivity index (χ0) is 19.1. The number of amides is 1. The second-order valence-corrected chi connectivity index (χ2v) is 6.80. The van der Waals surface area contributed by atoms with Crippen LogP contribution in [0.15, 0.2) is 36.4 Å². The zero-order valence-corrected chi connectivity index (χ0v) is 16.1. The highest BCUT2D eigenvalue weighted by Gasteiger charge is 2.15. The van der Waals surface area contributed by atoms with E-state index in [9.17, 15) is 4.79 Å². The van der Waals surface area contributed by atoms with Crippen LogP contribution in [0.4, 0.5) is 0 Å². The number of benzene rings is 2. The van der Waals surface area contributed by atoms with Crippen molar-refractivity contribution in [1.82, 2.24) is 10.6 Å². The summed E-state index contributed by atoms with van der Waals surface area (Å²) in [6.45, 7) is 2.86. The van der Waals surface area contributed by atoms with Gasteiger partial charge in [0, 0.05) is 18.7 Å². The number of aryl methyl sites for hydroxylation is 2. The standard InChI is InChI=1S/C11H13NO2.C11H15NO/c1-14-9-5-4-8-3-2-6-12-11(13)10(8)7-9;1-13-11-5-4-9-3-2-6-12-8-10(9)7-11/h4-5,7H,2-3,6H2,1H3,(H,12,13);4-5,7,12H,2-3,6,8H2,1H3. The fourth-order valence-electron chi connectivity index (χ4n) is 3.45. The Bertz CT molecular complexity index is 789. The minimum absolute atomic E-state index is 0.0106. The molecule has 4 rings (SSSR count). The monoisotopic (exact) mass is 368 g/mol. The number of carbonyl (C=O) groups excluding carboxylic acids is 1. The Morgan fingerprint density at radius 1 is 0.815 bits per heavy atom. The van der Waals surface area contributed by atoms with E-state index in [-0.39, 0.29) is 5.91 Å². The van der Waals surface area contributed by atoms with Gasteiger partial charge in [0.25, 0.3) is 5.91 Å². The maximum absolute atomic E-state index is 11.6.